The fraction of sp³-hybridized carbons (Fsp3) is 0.316. The van der Waals surface area contributed by atoms with Crippen molar-refractivity contribution in [2.24, 2.45) is 0 Å². The van der Waals surface area contributed by atoms with Crippen molar-refractivity contribution >= 4 is 17.7 Å². The Bertz CT molecular complexity index is 814. The van der Waals surface area contributed by atoms with Crippen LogP contribution in [0.1, 0.15) is 56.4 Å². The van der Waals surface area contributed by atoms with E-state index in [1.807, 2.05) is 13.8 Å². The number of benzene rings is 1. The Hall–Kier alpha value is -2.89. The Balaban J connectivity index is 1.84. The van der Waals surface area contributed by atoms with Gasteiger partial charge in [-0.3, -0.25) is 19.3 Å². The molecule has 130 valence electrons. The van der Waals surface area contributed by atoms with Crippen molar-refractivity contribution in [3.63, 3.8) is 0 Å². The number of imide groups is 1. The maximum absolute atomic E-state index is 12.5. The SMILES string of the molecule is CCN(CC)C(=O)c1cc(CN2C(=O)c3ccccc3C2=O)c(C)o1. The van der Waals surface area contributed by atoms with E-state index in [1.165, 1.54) is 4.90 Å². The van der Waals surface area contributed by atoms with Gasteiger partial charge in [-0.25, -0.2) is 0 Å². The van der Waals surface area contributed by atoms with E-state index < -0.39 is 0 Å². The number of carbonyl (C=O) groups excluding carboxylic acids is 3. The van der Waals surface area contributed by atoms with Gasteiger partial charge in [-0.1, -0.05) is 12.1 Å². The van der Waals surface area contributed by atoms with Gasteiger partial charge in [-0.2, -0.15) is 0 Å². The normalized spacial score (nSPS) is 13.3. The molecule has 0 saturated heterocycles. The summed E-state index contributed by atoms with van der Waals surface area (Å²) < 4.78 is 5.58. The average Bonchev–Trinajstić information content (AvgIpc) is 3.10. The Labute approximate surface area is 146 Å². The van der Waals surface area contributed by atoms with Gasteiger partial charge in [0.2, 0.25) is 0 Å². The summed E-state index contributed by atoms with van der Waals surface area (Å²) in [5.74, 6) is -0.0720. The quantitative estimate of drug-likeness (QED) is 0.785. The van der Waals surface area contributed by atoms with Crippen molar-refractivity contribution in [3.8, 4) is 0 Å². The van der Waals surface area contributed by atoms with Crippen molar-refractivity contribution in [2.75, 3.05) is 13.1 Å². The Morgan fingerprint density at radius 2 is 1.64 bits per heavy atom. The number of amides is 3. The minimum Gasteiger partial charge on any atom is -0.456 e. The molecule has 0 saturated carbocycles. The zero-order valence-corrected chi connectivity index (χ0v) is 14.5. The van der Waals surface area contributed by atoms with Crippen molar-refractivity contribution < 1.29 is 18.8 Å². The maximum atomic E-state index is 12.5. The van der Waals surface area contributed by atoms with Crippen molar-refractivity contribution in [2.45, 2.75) is 27.3 Å². The third-order valence-corrected chi connectivity index (χ3v) is 4.49. The molecule has 0 aliphatic carbocycles. The Kier molecular flexibility index (Phi) is 4.44. The second-order valence-electron chi connectivity index (χ2n) is 5.91. The van der Waals surface area contributed by atoms with Crippen LogP contribution in [0.15, 0.2) is 34.7 Å². The summed E-state index contributed by atoms with van der Waals surface area (Å²) in [6.45, 7) is 6.79. The van der Waals surface area contributed by atoms with Gasteiger partial charge in [-0.05, 0) is 39.0 Å². The Morgan fingerprint density at radius 1 is 1.08 bits per heavy atom. The molecule has 3 amide bonds. The van der Waals surface area contributed by atoms with Gasteiger partial charge < -0.3 is 9.32 Å². The second-order valence-corrected chi connectivity index (χ2v) is 5.91. The molecule has 6 heteroatoms. The van der Waals surface area contributed by atoms with Gasteiger partial charge in [0.1, 0.15) is 5.76 Å². The van der Waals surface area contributed by atoms with Gasteiger partial charge in [-0.15, -0.1) is 0 Å². The monoisotopic (exact) mass is 340 g/mol. The second kappa shape index (κ2) is 6.55. The lowest BCUT2D eigenvalue weighted by atomic mass is 10.1. The van der Waals surface area contributed by atoms with Crippen LogP contribution >= 0.6 is 0 Å². The van der Waals surface area contributed by atoms with Crippen LogP contribution < -0.4 is 0 Å². The standard InChI is InChI=1S/C19H20N2O4/c1-4-20(5-2)19(24)16-10-13(12(3)25-16)11-21-17(22)14-8-6-7-9-15(14)18(21)23/h6-10H,4-5,11H2,1-3H3. The minimum absolute atomic E-state index is 0.0905. The first-order chi connectivity index (χ1) is 12.0. The number of nitrogens with zero attached hydrogens (tertiary/aromatic N) is 2. The molecule has 2 heterocycles. The smallest absolute Gasteiger partial charge is 0.289 e. The van der Waals surface area contributed by atoms with Crippen molar-refractivity contribution in [1.29, 1.82) is 0 Å². The fourth-order valence-corrected chi connectivity index (χ4v) is 3.00. The number of aryl methyl sites for hydroxylation is 1. The van der Waals surface area contributed by atoms with E-state index in [-0.39, 0.29) is 30.0 Å². The molecule has 25 heavy (non-hydrogen) atoms. The third-order valence-electron chi connectivity index (χ3n) is 4.49. The summed E-state index contributed by atoms with van der Waals surface area (Å²) >= 11 is 0. The van der Waals surface area contributed by atoms with Crippen LogP contribution in [0.5, 0.6) is 0 Å². The van der Waals surface area contributed by atoms with Crippen molar-refractivity contribution in [1.82, 2.24) is 9.80 Å². The van der Waals surface area contributed by atoms with E-state index in [2.05, 4.69) is 0 Å². The molecule has 3 rings (SSSR count). The predicted octanol–water partition coefficient (Wildman–Crippen LogP) is 2.87. The molecule has 0 bridgehead atoms. The summed E-state index contributed by atoms with van der Waals surface area (Å²) in [7, 11) is 0. The molecule has 0 radical (unpaired) electrons. The summed E-state index contributed by atoms with van der Waals surface area (Å²) in [6, 6.07) is 8.38. The highest BCUT2D eigenvalue weighted by Gasteiger charge is 2.35. The molecule has 1 aromatic carbocycles. The number of hydrogen-bond acceptors (Lipinski definition) is 4. The number of hydrogen-bond donors (Lipinski definition) is 0. The van der Waals surface area contributed by atoms with E-state index >= 15 is 0 Å². The van der Waals surface area contributed by atoms with Gasteiger partial charge in [0.05, 0.1) is 17.7 Å². The molecule has 0 unspecified atom stereocenters. The summed E-state index contributed by atoms with van der Waals surface area (Å²) in [4.78, 5) is 40.2. The first-order valence-electron chi connectivity index (χ1n) is 8.31. The number of fused-ring (bicyclic) bond motifs is 1. The van der Waals surface area contributed by atoms with Crippen LogP contribution in [0.25, 0.3) is 0 Å². The zero-order valence-electron chi connectivity index (χ0n) is 14.5. The Morgan fingerprint density at radius 3 is 2.16 bits per heavy atom. The van der Waals surface area contributed by atoms with Crippen LogP contribution in [0, 0.1) is 6.92 Å². The van der Waals surface area contributed by atoms with Crippen LogP contribution in [-0.2, 0) is 6.54 Å². The number of furan rings is 1. The molecule has 0 fully saturated rings. The zero-order chi connectivity index (χ0) is 18.1. The molecule has 0 spiro atoms. The molecule has 1 aromatic heterocycles. The van der Waals surface area contributed by atoms with E-state index in [1.54, 1.807) is 42.2 Å². The fourth-order valence-electron chi connectivity index (χ4n) is 3.00. The summed E-state index contributed by atoms with van der Waals surface area (Å²) in [5, 5.41) is 0. The molecular formula is C19H20N2O4. The molecular weight excluding hydrogens is 320 g/mol. The topological polar surface area (TPSA) is 70.8 Å². The van der Waals surface area contributed by atoms with E-state index in [0.29, 0.717) is 35.5 Å². The van der Waals surface area contributed by atoms with E-state index in [4.69, 9.17) is 4.42 Å². The van der Waals surface area contributed by atoms with Crippen LogP contribution in [-0.4, -0.2) is 40.6 Å². The summed E-state index contributed by atoms with van der Waals surface area (Å²) in [6.07, 6.45) is 0. The number of carbonyl (C=O) groups is 3. The molecule has 1 aliphatic heterocycles. The van der Waals surface area contributed by atoms with E-state index in [0.717, 1.165) is 0 Å². The van der Waals surface area contributed by atoms with Crippen LogP contribution in [0.4, 0.5) is 0 Å². The third kappa shape index (κ3) is 2.84. The molecule has 0 atom stereocenters. The van der Waals surface area contributed by atoms with Crippen LogP contribution in [0.2, 0.25) is 0 Å². The first-order valence-corrected chi connectivity index (χ1v) is 8.31. The molecule has 1 aliphatic rings. The van der Waals surface area contributed by atoms with Crippen molar-refractivity contribution in [3.05, 3.63) is 58.5 Å². The number of rotatable bonds is 5. The lowest BCUT2D eigenvalue weighted by Gasteiger charge is -2.16. The van der Waals surface area contributed by atoms with Gasteiger partial charge in [0.15, 0.2) is 5.76 Å². The lowest BCUT2D eigenvalue weighted by Crippen LogP contribution is -2.30. The van der Waals surface area contributed by atoms with Gasteiger partial charge >= 0.3 is 0 Å². The lowest BCUT2D eigenvalue weighted by molar-refractivity contribution is 0.0640. The average molecular weight is 340 g/mol. The minimum atomic E-state index is -0.321. The largest absolute Gasteiger partial charge is 0.456 e. The highest BCUT2D eigenvalue weighted by Crippen LogP contribution is 2.26. The predicted molar refractivity (Wildman–Crippen MR) is 91.3 cm³/mol. The van der Waals surface area contributed by atoms with Gasteiger partial charge in [0.25, 0.3) is 17.7 Å². The maximum Gasteiger partial charge on any atom is 0.289 e. The first kappa shape index (κ1) is 17.0. The van der Waals surface area contributed by atoms with E-state index in [9.17, 15) is 14.4 Å². The highest BCUT2D eigenvalue weighted by molar-refractivity contribution is 6.21. The molecule has 6 nitrogen and oxygen atoms in total. The molecule has 0 N–H and O–H groups in total. The highest BCUT2D eigenvalue weighted by atomic mass is 16.4. The summed E-state index contributed by atoms with van der Waals surface area (Å²) in [5.41, 5.74) is 1.48. The molecule has 2 aromatic rings. The van der Waals surface area contributed by atoms with Crippen LogP contribution in [0.3, 0.4) is 0 Å². The van der Waals surface area contributed by atoms with Gasteiger partial charge in [0, 0.05) is 18.7 Å².